The van der Waals surface area contributed by atoms with Crippen LogP contribution >= 0.6 is 0 Å². The summed E-state index contributed by atoms with van der Waals surface area (Å²) in [6, 6.07) is 5.86. The van der Waals surface area contributed by atoms with Gasteiger partial charge >= 0.3 is 0 Å². The van der Waals surface area contributed by atoms with Crippen LogP contribution in [0.5, 0.6) is 0 Å². The Morgan fingerprint density at radius 2 is 2.06 bits per heavy atom. The van der Waals surface area contributed by atoms with Crippen LogP contribution in [-0.2, 0) is 0 Å². The highest BCUT2D eigenvalue weighted by molar-refractivity contribution is 5.63. The minimum Gasteiger partial charge on any atom is -0.376 e. The van der Waals surface area contributed by atoms with Crippen LogP contribution in [0.15, 0.2) is 30.5 Å². The average Bonchev–Trinajstić information content (AvgIpc) is 2.78. The first-order chi connectivity index (χ1) is 7.72. The Balaban J connectivity index is 2.45. The fourth-order valence-electron chi connectivity index (χ4n) is 1.44. The Labute approximate surface area is 91.9 Å². The monoisotopic (exact) mass is 216 g/mol. The molecule has 2 N–H and O–H groups in total. The predicted octanol–water partition coefficient (Wildman–Crippen LogP) is 1.88. The van der Waals surface area contributed by atoms with Gasteiger partial charge in [0.1, 0.15) is 11.9 Å². The first-order valence-electron chi connectivity index (χ1n) is 4.66. The van der Waals surface area contributed by atoms with E-state index in [-0.39, 0.29) is 5.82 Å². The molecule has 1 aromatic heterocycles. The third-order valence-corrected chi connectivity index (χ3v) is 2.25. The fourth-order valence-corrected chi connectivity index (χ4v) is 1.44. The molecule has 80 valence electrons. The molecule has 0 aliphatic heterocycles. The third kappa shape index (κ3) is 1.81. The zero-order chi connectivity index (χ0) is 11.5. The molecular weight excluding hydrogens is 207 g/mol. The average molecular weight is 216 g/mol. The van der Waals surface area contributed by atoms with E-state index in [9.17, 15) is 9.50 Å². The molecule has 1 unspecified atom stereocenters. The van der Waals surface area contributed by atoms with Crippen LogP contribution in [0, 0.1) is 18.2 Å². The Morgan fingerprint density at radius 1 is 1.38 bits per heavy atom. The molecule has 0 spiro atoms. The number of H-pyrrole nitrogens is 1. The number of hydrogen-bond acceptors (Lipinski definition) is 2. The van der Waals surface area contributed by atoms with E-state index in [1.165, 1.54) is 18.3 Å². The van der Waals surface area contributed by atoms with Gasteiger partial charge in [-0.15, -0.1) is 6.42 Å². The summed E-state index contributed by atoms with van der Waals surface area (Å²) in [5.41, 5.74) is 1.84. The molecule has 0 aliphatic rings. The maximum Gasteiger partial charge on any atom is 0.143 e. The lowest BCUT2D eigenvalue weighted by Gasteiger charge is -2.04. The second-order valence-corrected chi connectivity index (χ2v) is 3.28. The minimum absolute atomic E-state index is 0.317. The molecule has 1 aromatic carbocycles. The smallest absolute Gasteiger partial charge is 0.143 e. The highest BCUT2D eigenvalue weighted by atomic mass is 19.1. The van der Waals surface area contributed by atoms with Crippen LogP contribution in [-0.4, -0.2) is 15.3 Å². The van der Waals surface area contributed by atoms with E-state index < -0.39 is 6.10 Å². The number of aromatic nitrogens is 2. The molecule has 0 amide bonds. The number of terminal acetylenes is 1. The van der Waals surface area contributed by atoms with Gasteiger partial charge < -0.3 is 5.11 Å². The van der Waals surface area contributed by atoms with E-state index in [1.807, 2.05) is 0 Å². The van der Waals surface area contributed by atoms with E-state index in [0.717, 1.165) is 5.56 Å². The van der Waals surface area contributed by atoms with Crippen molar-refractivity contribution < 1.29 is 9.50 Å². The lowest BCUT2D eigenvalue weighted by atomic mass is 10.0. The third-order valence-electron chi connectivity index (χ3n) is 2.25. The van der Waals surface area contributed by atoms with Crippen LogP contribution in [0.4, 0.5) is 4.39 Å². The molecule has 4 heteroatoms. The largest absolute Gasteiger partial charge is 0.376 e. The van der Waals surface area contributed by atoms with Gasteiger partial charge in [0.25, 0.3) is 0 Å². The Morgan fingerprint density at radius 3 is 2.69 bits per heavy atom. The number of aliphatic hydroxyl groups excluding tert-OH is 1. The summed E-state index contributed by atoms with van der Waals surface area (Å²) in [5.74, 6) is 1.89. The van der Waals surface area contributed by atoms with Gasteiger partial charge in [0.05, 0.1) is 11.9 Å². The quantitative estimate of drug-likeness (QED) is 0.753. The number of aromatic amines is 1. The molecule has 0 fully saturated rings. The van der Waals surface area contributed by atoms with Crippen LogP contribution in [0.1, 0.15) is 11.7 Å². The van der Waals surface area contributed by atoms with Crippen molar-refractivity contribution in [3.05, 3.63) is 41.8 Å². The van der Waals surface area contributed by atoms with Crippen molar-refractivity contribution in [3.8, 4) is 23.6 Å². The van der Waals surface area contributed by atoms with E-state index in [4.69, 9.17) is 6.42 Å². The van der Waals surface area contributed by atoms with Crippen LogP contribution in [0.25, 0.3) is 11.3 Å². The van der Waals surface area contributed by atoms with Gasteiger partial charge in [0.15, 0.2) is 0 Å². The first kappa shape index (κ1) is 10.4. The molecule has 2 aromatic rings. The van der Waals surface area contributed by atoms with Crippen molar-refractivity contribution >= 4 is 0 Å². The molecule has 3 nitrogen and oxygen atoms in total. The molecule has 0 radical (unpaired) electrons. The Hall–Kier alpha value is -2.12. The minimum atomic E-state index is -1.01. The summed E-state index contributed by atoms with van der Waals surface area (Å²) in [5, 5.41) is 16.1. The van der Waals surface area contributed by atoms with E-state index in [2.05, 4.69) is 16.1 Å². The van der Waals surface area contributed by atoms with Crippen molar-refractivity contribution in [2.75, 3.05) is 0 Å². The number of hydrogen-bond donors (Lipinski definition) is 2. The molecule has 0 saturated heterocycles. The van der Waals surface area contributed by atoms with Gasteiger partial charge in [0.2, 0.25) is 0 Å². The molecule has 1 atom stereocenters. The summed E-state index contributed by atoms with van der Waals surface area (Å²) >= 11 is 0. The molecule has 0 bridgehead atoms. The molecule has 0 saturated carbocycles. The Kier molecular flexibility index (Phi) is 2.71. The van der Waals surface area contributed by atoms with Gasteiger partial charge in [-0.25, -0.2) is 4.39 Å². The summed E-state index contributed by atoms with van der Waals surface area (Å²) in [6.45, 7) is 0. The normalized spacial score (nSPS) is 12.1. The van der Waals surface area contributed by atoms with Gasteiger partial charge in [-0.3, -0.25) is 5.10 Å². The van der Waals surface area contributed by atoms with Gasteiger partial charge in [-0.05, 0) is 24.3 Å². The number of aliphatic hydroxyl groups is 1. The lowest BCUT2D eigenvalue weighted by molar-refractivity contribution is 0.239. The van der Waals surface area contributed by atoms with Crippen LogP contribution in [0.2, 0.25) is 0 Å². The number of halogens is 1. The molecule has 2 rings (SSSR count). The number of nitrogens with zero attached hydrogens (tertiary/aromatic N) is 1. The van der Waals surface area contributed by atoms with Crippen LogP contribution < -0.4 is 0 Å². The van der Waals surface area contributed by atoms with Crippen molar-refractivity contribution in [3.63, 3.8) is 0 Å². The summed E-state index contributed by atoms with van der Waals surface area (Å²) < 4.78 is 12.7. The number of rotatable bonds is 2. The van der Waals surface area contributed by atoms with E-state index in [0.29, 0.717) is 11.3 Å². The zero-order valence-electron chi connectivity index (χ0n) is 8.31. The number of nitrogens with one attached hydrogen (secondary N) is 1. The van der Waals surface area contributed by atoms with Crippen molar-refractivity contribution in [2.24, 2.45) is 0 Å². The SMILES string of the molecule is C#CC(O)c1cn[nH]c1-c1ccc(F)cc1. The molecule has 16 heavy (non-hydrogen) atoms. The van der Waals surface area contributed by atoms with E-state index >= 15 is 0 Å². The van der Waals surface area contributed by atoms with Crippen molar-refractivity contribution in [2.45, 2.75) is 6.10 Å². The van der Waals surface area contributed by atoms with Gasteiger partial charge in [0, 0.05) is 11.1 Å². The van der Waals surface area contributed by atoms with Crippen molar-refractivity contribution in [1.82, 2.24) is 10.2 Å². The van der Waals surface area contributed by atoms with Crippen LogP contribution in [0.3, 0.4) is 0 Å². The maximum atomic E-state index is 12.7. The summed E-state index contributed by atoms with van der Waals surface area (Å²) in [7, 11) is 0. The zero-order valence-corrected chi connectivity index (χ0v) is 8.31. The summed E-state index contributed by atoms with van der Waals surface area (Å²) in [4.78, 5) is 0. The molecular formula is C12H9FN2O. The second-order valence-electron chi connectivity index (χ2n) is 3.28. The highest BCUT2D eigenvalue weighted by Crippen LogP contribution is 2.25. The van der Waals surface area contributed by atoms with Gasteiger partial charge in [-0.2, -0.15) is 5.10 Å². The maximum absolute atomic E-state index is 12.7. The molecule has 1 heterocycles. The van der Waals surface area contributed by atoms with Gasteiger partial charge in [-0.1, -0.05) is 5.92 Å². The van der Waals surface area contributed by atoms with E-state index in [1.54, 1.807) is 12.1 Å². The predicted molar refractivity (Wildman–Crippen MR) is 57.8 cm³/mol. The Bertz CT molecular complexity index is 525. The highest BCUT2D eigenvalue weighted by Gasteiger charge is 2.13. The second kappa shape index (κ2) is 4.17. The standard InChI is InChI=1S/C12H9FN2O/c1-2-11(16)10-7-14-15-12(10)8-3-5-9(13)6-4-8/h1,3-7,11,16H,(H,14,15). The van der Waals surface area contributed by atoms with Crippen molar-refractivity contribution in [1.29, 1.82) is 0 Å². The number of benzene rings is 1. The molecule has 0 aliphatic carbocycles. The summed E-state index contributed by atoms with van der Waals surface area (Å²) in [6.07, 6.45) is 5.58. The fraction of sp³-hybridized carbons (Fsp3) is 0.0833. The lowest BCUT2D eigenvalue weighted by Crippen LogP contribution is -1.94. The first-order valence-corrected chi connectivity index (χ1v) is 4.66. The topological polar surface area (TPSA) is 48.9 Å².